The van der Waals surface area contributed by atoms with Crippen molar-refractivity contribution in [3.8, 4) is 0 Å². The standard InChI is InChI=1S/C21H19ClN2O5/c1-13(19(26)23-15-10-8-14(22)9-11-15)29-18(25)7-4-12-24-20(27)16-5-2-3-6-17(16)21(24)28/h2-3,5-6,8-11,13H,4,7,12H2,1H3,(H,23,26)/t13-/m1/s1. The quantitative estimate of drug-likeness (QED) is 0.554. The van der Waals surface area contributed by atoms with Crippen LogP contribution in [0.1, 0.15) is 40.5 Å². The Kier molecular flexibility index (Phi) is 6.29. The van der Waals surface area contributed by atoms with Gasteiger partial charge in [0, 0.05) is 23.7 Å². The van der Waals surface area contributed by atoms with E-state index in [2.05, 4.69) is 5.32 Å². The molecule has 8 heteroatoms. The fourth-order valence-electron chi connectivity index (χ4n) is 2.91. The van der Waals surface area contributed by atoms with Crippen LogP contribution in [0.5, 0.6) is 0 Å². The number of hydrogen-bond acceptors (Lipinski definition) is 5. The van der Waals surface area contributed by atoms with Crippen LogP contribution in [0.4, 0.5) is 5.69 Å². The first-order chi connectivity index (χ1) is 13.9. The summed E-state index contributed by atoms with van der Waals surface area (Å²) in [5.74, 6) is -1.79. The van der Waals surface area contributed by atoms with Crippen molar-refractivity contribution in [3.05, 3.63) is 64.7 Å². The number of amides is 3. The van der Waals surface area contributed by atoms with Crippen LogP contribution in [-0.4, -0.2) is 41.2 Å². The second-order valence-corrected chi connectivity index (χ2v) is 6.98. The van der Waals surface area contributed by atoms with Gasteiger partial charge in [0.25, 0.3) is 17.7 Å². The highest BCUT2D eigenvalue weighted by Crippen LogP contribution is 2.22. The molecule has 0 radical (unpaired) electrons. The van der Waals surface area contributed by atoms with E-state index in [1.807, 2.05) is 0 Å². The molecule has 7 nitrogen and oxygen atoms in total. The van der Waals surface area contributed by atoms with Gasteiger partial charge in [-0.05, 0) is 49.7 Å². The smallest absolute Gasteiger partial charge is 0.306 e. The minimum absolute atomic E-state index is 0.0219. The van der Waals surface area contributed by atoms with Crippen molar-refractivity contribution in [2.24, 2.45) is 0 Å². The van der Waals surface area contributed by atoms with Crippen LogP contribution >= 0.6 is 11.6 Å². The van der Waals surface area contributed by atoms with E-state index in [9.17, 15) is 19.2 Å². The summed E-state index contributed by atoms with van der Waals surface area (Å²) in [4.78, 5) is 49.8. The zero-order valence-electron chi connectivity index (χ0n) is 15.7. The fraction of sp³-hybridized carbons (Fsp3) is 0.238. The molecule has 0 fully saturated rings. The van der Waals surface area contributed by atoms with E-state index in [0.29, 0.717) is 21.8 Å². The SMILES string of the molecule is C[C@@H](OC(=O)CCCN1C(=O)c2ccccc2C1=O)C(=O)Nc1ccc(Cl)cc1. The molecule has 1 aliphatic heterocycles. The molecule has 0 unspecified atom stereocenters. The Hall–Kier alpha value is -3.19. The number of esters is 1. The number of benzene rings is 2. The summed E-state index contributed by atoms with van der Waals surface area (Å²) in [7, 11) is 0. The van der Waals surface area contributed by atoms with E-state index in [4.69, 9.17) is 16.3 Å². The second-order valence-electron chi connectivity index (χ2n) is 6.54. The molecule has 2 aromatic carbocycles. The van der Waals surface area contributed by atoms with Gasteiger partial charge in [-0.1, -0.05) is 23.7 Å². The Bertz CT molecular complexity index is 923. The zero-order chi connectivity index (χ0) is 21.0. The Morgan fingerprint density at radius 3 is 2.21 bits per heavy atom. The number of hydrogen-bond donors (Lipinski definition) is 1. The summed E-state index contributed by atoms with van der Waals surface area (Å²) >= 11 is 5.79. The van der Waals surface area contributed by atoms with Crippen molar-refractivity contribution < 1.29 is 23.9 Å². The first-order valence-corrected chi connectivity index (χ1v) is 9.46. The minimum Gasteiger partial charge on any atom is -0.453 e. The predicted molar refractivity (Wildman–Crippen MR) is 107 cm³/mol. The first-order valence-electron chi connectivity index (χ1n) is 9.08. The van der Waals surface area contributed by atoms with Gasteiger partial charge < -0.3 is 10.1 Å². The molecule has 1 aliphatic rings. The van der Waals surface area contributed by atoms with Gasteiger partial charge in [-0.3, -0.25) is 24.1 Å². The maximum Gasteiger partial charge on any atom is 0.306 e. The summed E-state index contributed by atoms with van der Waals surface area (Å²) < 4.78 is 5.12. The monoisotopic (exact) mass is 414 g/mol. The lowest BCUT2D eigenvalue weighted by molar-refractivity contribution is -0.153. The van der Waals surface area contributed by atoms with Gasteiger partial charge in [-0.15, -0.1) is 0 Å². The average Bonchev–Trinajstić information content (AvgIpc) is 2.95. The van der Waals surface area contributed by atoms with E-state index in [-0.39, 0.29) is 31.2 Å². The van der Waals surface area contributed by atoms with Crippen molar-refractivity contribution >= 4 is 41.0 Å². The van der Waals surface area contributed by atoms with Crippen molar-refractivity contribution in [3.63, 3.8) is 0 Å². The number of ether oxygens (including phenoxy) is 1. The Balaban J connectivity index is 1.44. The summed E-state index contributed by atoms with van der Waals surface area (Å²) in [5.41, 5.74) is 1.27. The Morgan fingerprint density at radius 1 is 1.03 bits per heavy atom. The normalized spacial score (nSPS) is 13.8. The van der Waals surface area contributed by atoms with E-state index >= 15 is 0 Å². The number of halogens is 1. The molecule has 3 amide bonds. The summed E-state index contributed by atoms with van der Waals surface area (Å²) in [6.07, 6.45) is -0.764. The number of carbonyl (C=O) groups excluding carboxylic acids is 4. The van der Waals surface area contributed by atoms with Gasteiger partial charge in [-0.2, -0.15) is 0 Å². The maximum absolute atomic E-state index is 12.3. The van der Waals surface area contributed by atoms with Crippen LogP contribution in [0, 0.1) is 0 Å². The molecular formula is C21H19ClN2O5. The molecule has 0 aromatic heterocycles. The van der Waals surface area contributed by atoms with Crippen molar-refractivity contribution in [1.82, 2.24) is 4.90 Å². The van der Waals surface area contributed by atoms with Crippen molar-refractivity contribution in [2.45, 2.75) is 25.9 Å². The molecule has 3 rings (SSSR count). The van der Waals surface area contributed by atoms with Gasteiger partial charge in [0.15, 0.2) is 6.10 Å². The number of rotatable bonds is 7. The van der Waals surface area contributed by atoms with Crippen LogP contribution in [0.15, 0.2) is 48.5 Å². The number of imide groups is 1. The molecule has 0 spiro atoms. The molecule has 1 atom stereocenters. The van der Waals surface area contributed by atoms with Gasteiger partial charge in [-0.25, -0.2) is 0 Å². The van der Waals surface area contributed by atoms with Crippen molar-refractivity contribution in [1.29, 1.82) is 0 Å². The number of nitrogens with one attached hydrogen (secondary N) is 1. The Morgan fingerprint density at radius 2 is 1.62 bits per heavy atom. The molecule has 29 heavy (non-hydrogen) atoms. The van der Waals surface area contributed by atoms with Gasteiger partial charge in [0.2, 0.25) is 0 Å². The lowest BCUT2D eigenvalue weighted by atomic mass is 10.1. The van der Waals surface area contributed by atoms with E-state index < -0.39 is 18.0 Å². The third kappa shape index (κ3) is 4.81. The van der Waals surface area contributed by atoms with Gasteiger partial charge in [0.05, 0.1) is 11.1 Å². The van der Waals surface area contributed by atoms with Gasteiger partial charge in [0.1, 0.15) is 0 Å². The average molecular weight is 415 g/mol. The summed E-state index contributed by atoms with van der Waals surface area (Å²) in [5, 5.41) is 3.17. The van der Waals surface area contributed by atoms with Crippen LogP contribution in [-0.2, 0) is 14.3 Å². The molecule has 0 aliphatic carbocycles. The third-order valence-corrected chi connectivity index (χ3v) is 4.68. The minimum atomic E-state index is -0.988. The van der Waals surface area contributed by atoms with Crippen LogP contribution in [0.3, 0.4) is 0 Å². The third-order valence-electron chi connectivity index (χ3n) is 4.43. The highest BCUT2D eigenvalue weighted by molar-refractivity contribution is 6.30. The van der Waals surface area contributed by atoms with Crippen molar-refractivity contribution in [2.75, 3.05) is 11.9 Å². The van der Waals surface area contributed by atoms with E-state index in [1.165, 1.54) is 6.92 Å². The lowest BCUT2D eigenvalue weighted by Crippen LogP contribution is -2.32. The lowest BCUT2D eigenvalue weighted by Gasteiger charge is -2.15. The van der Waals surface area contributed by atoms with Crippen LogP contribution in [0.2, 0.25) is 5.02 Å². The largest absolute Gasteiger partial charge is 0.453 e. The molecule has 0 saturated carbocycles. The summed E-state index contributed by atoms with van der Waals surface area (Å²) in [6.45, 7) is 1.57. The van der Waals surface area contributed by atoms with Crippen LogP contribution in [0.25, 0.3) is 0 Å². The highest BCUT2D eigenvalue weighted by Gasteiger charge is 2.34. The number of fused-ring (bicyclic) bond motifs is 1. The summed E-state index contributed by atoms with van der Waals surface area (Å²) in [6, 6.07) is 13.1. The predicted octanol–water partition coefficient (Wildman–Crippen LogP) is 3.29. The number of carbonyl (C=O) groups is 4. The highest BCUT2D eigenvalue weighted by atomic mass is 35.5. The van der Waals surface area contributed by atoms with Crippen LogP contribution < -0.4 is 5.32 Å². The van der Waals surface area contributed by atoms with E-state index in [1.54, 1.807) is 48.5 Å². The molecule has 0 bridgehead atoms. The Labute approximate surface area is 172 Å². The molecule has 0 saturated heterocycles. The number of nitrogens with zero attached hydrogens (tertiary/aromatic N) is 1. The van der Waals surface area contributed by atoms with Gasteiger partial charge >= 0.3 is 5.97 Å². The molecule has 1 heterocycles. The maximum atomic E-state index is 12.3. The second kappa shape index (κ2) is 8.87. The molecule has 150 valence electrons. The molecule has 1 N–H and O–H groups in total. The molecular weight excluding hydrogens is 396 g/mol. The topological polar surface area (TPSA) is 92.8 Å². The molecule has 2 aromatic rings. The van der Waals surface area contributed by atoms with E-state index in [0.717, 1.165) is 4.90 Å². The first kappa shape index (κ1) is 20.5. The zero-order valence-corrected chi connectivity index (χ0v) is 16.4. The number of anilines is 1. The fourth-order valence-corrected chi connectivity index (χ4v) is 3.04.